The summed E-state index contributed by atoms with van der Waals surface area (Å²) >= 11 is 0. The number of esters is 1. The Hall–Kier alpha value is -2.10. The smallest absolute Gasteiger partial charge is 0.341 e. The second-order valence-electron chi connectivity index (χ2n) is 3.87. The van der Waals surface area contributed by atoms with Crippen molar-refractivity contribution in [2.45, 2.75) is 19.9 Å². The van der Waals surface area contributed by atoms with E-state index in [-0.39, 0.29) is 6.04 Å². The molecule has 96 valence electrons. The van der Waals surface area contributed by atoms with Crippen molar-refractivity contribution in [3.8, 4) is 0 Å². The molecular weight excluding hydrogens is 228 g/mol. The van der Waals surface area contributed by atoms with E-state index in [1.54, 1.807) is 6.92 Å². The second-order valence-corrected chi connectivity index (χ2v) is 3.87. The third-order valence-corrected chi connectivity index (χ3v) is 2.63. The van der Waals surface area contributed by atoms with Crippen molar-refractivity contribution in [3.63, 3.8) is 0 Å². The maximum absolute atomic E-state index is 11.5. The zero-order valence-corrected chi connectivity index (χ0v) is 10.9. The highest BCUT2D eigenvalue weighted by atomic mass is 16.5. The number of ether oxygens (including phenoxy) is 1. The first kappa shape index (κ1) is 14.0. The lowest BCUT2D eigenvalue weighted by Crippen LogP contribution is -2.14. The summed E-state index contributed by atoms with van der Waals surface area (Å²) in [5.74, 6) is -0.473. The van der Waals surface area contributed by atoms with Gasteiger partial charge in [0, 0.05) is 11.9 Å². The van der Waals surface area contributed by atoms with Crippen molar-refractivity contribution >= 4 is 11.7 Å². The van der Waals surface area contributed by atoms with Gasteiger partial charge in [-0.1, -0.05) is 30.3 Å². The summed E-state index contributed by atoms with van der Waals surface area (Å²) in [5, 5.41) is 0. The molecule has 0 aromatic heterocycles. The van der Waals surface area contributed by atoms with Gasteiger partial charge >= 0.3 is 5.97 Å². The van der Waals surface area contributed by atoms with Crippen LogP contribution < -0.4 is 5.73 Å². The Labute approximate surface area is 107 Å². The highest BCUT2D eigenvalue weighted by Gasteiger charge is 2.13. The minimum absolute atomic E-state index is 0.0363. The van der Waals surface area contributed by atoms with Crippen molar-refractivity contribution in [1.29, 1.82) is 0 Å². The predicted octanol–water partition coefficient (Wildman–Crippen LogP) is 2.22. The Morgan fingerprint density at radius 3 is 2.50 bits per heavy atom. The Bertz CT molecular complexity index is 464. The Kier molecular flexibility index (Phi) is 5.11. The van der Waals surface area contributed by atoms with Crippen LogP contribution >= 0.6 is 0 Å². The zero-order chi connectivity index (χ0) is 13.5. The van der Waals surface area contributed by atoms with Crippen LogP contribution in [0.4, 0.5) is 0 Å². The number of nitrogens with zero attached hydrogens (tertiary/aromatic N) is 1. The van der Waals surface area contributed by atoms with Crippen LogP contribution in [0.25, 0.3) is 0 Å². The third kappa shape index (κ3) is 3.45. The van der Waals surface area contributed by atoms with Gasteiger partial charge in [0.2, 0.25) is 0 Å². The van der Waals surface area contributed by atoms with Gasteiger partial charge in [0.15, 0.2) is 0 Å². The largest absolute Gasteiger partial charge is 0.465 e. The number of rotatable bonds is 4. The predicted molar refractivity (Wildman–Crippen MR) is 72.3 cm³/mol. The molecule has 0 aliphatic heterocycles. The fourth-order valence-electron chi connectivity index (χ4n) is 1.61. The summed E-state index contributed by atoms with van der Waals surface area (Å²) in [7, 11) is 1.32. The van der Waals surface area contributed by atoms with Crippen molar-refractivity contribution in [1.82, 2.24) is 0 Å². The van der Waals surface area contributed by atoms with E-state index in [0.717, 1.165) is 5.56 Å². The van der Waals surface area contributed by atoms with E-state index in [4.69, 9.17) is 5.73 Å². The van der Waals surface area contributed by atoms with Crippen LogP contribution in [0.15, 0.2) is 47.1 Å². The summed E-state index contributed by atoms with van der Waals surface area (Å²) in [5.41, 5.74) is 7.36. The fourth-order valence-corrected chi connectivity index (χ4v) is 1.61. The summed E-state index contributed by atoms with van der Waals surface area (Å²) in [6, 6.07) is 9.81. The SMILES string of the molecule is COC(=O)C(=CN)C(C)=NC(C)c1ccccc1. The number of aliphatic imine (C=N–C) groups is 1. The monoisotopic (exact) mass is 246 g/mol. The van der Waals surface area contributed by atoms with E-state index in [9.17, 15) is 4.79 Å². The number of benzene rings is 1. The van der Waals surface area contributed by atoms with Crippen LogP contribution in [0, 0.1) is 0 Å². The first-order chi connectivity index (χ1) is 8.60. The molecule has 0 saturated heterocycles. The molecule has 1 aromatic rings. The number of nitrogens with two attached hydrogens (primary N) is 1. The first-order valence-corrected chi connectivity index (χ1v) is 5.70. The molecule has 0 saturated carbocycles. The van der Waals surface area contributed by atoms with Gasteiger partial charge in [-0.05, 0) is 19.4 Å². The molecule has 4 nitrogen and oxygen atoms in total. The zero-order valence-electron chi connectivity index (χ0n) is 10.9. The number of hydrogen-bond donors (Lipinski definition) is 1. The van der Waals surface area contributed by atoms with E-state index in [1.165, 1.54) is 13.3 Å². The summed E-state index contributed by atoms with van der Waals surface area (Å²) in [4.78, 5) is 15.9. The average molecular weight is 246 g/mol. The van der Waals surface area contributed by atoms with Crippen LogP contribution in [0.5, 0.6) is 0 Å². The molecular formula is C14H18N2O2. The maximum Gasteiger partial charge on any atom is 0.341 e. The maximum atomic E-state index is 11.5. The quantitative estimate of drug-likeness (QED) is 0.503. The second kappa shape index (κ2) is 6.59. The highest BCUT2D eigenvalue weighted by molar-refractivity contribution is 6.18. The van der Waals surface area contributed by atoms with Gasteiger partial charge in [0.25, 0.3) is 0 Å². The number of carbonyl (C=O) groups excluding carboxylic acids is 1. The lowest BCUT2D eigenvalue weighted by Gasteiger charge is -2.10. The summed E-state index contributed by atoms with van der Waals surface area (Å²) < 4.78 is 4.64. The molecule has 0 spiro atoms. The van der Waals surface area contributed by atoms with Gasteiger partial charge < -0.3 is 10.5 Å². The lowest BCUT2D eigenvalue weighted by atomic mass is 10.1. The molecule has 0 fully saturated rings. The Morgan fingerprint density at radius 2 is 2.00 bits per heavy atom. The molecule has 0 bridgehead atoms. The molecule has 0 amide bonds. The first-order valence-electron chi connectivity index (χ1n) is 5.70. The van der Waals surface area contributed by atoms with Crippen molar-refractivity contribution in [2.24, 2.45) is 10.7 Å². The standard InChI is InChI=1S/C14H18N2O2/c1-10(12-7-5-4-6-8-12)16-11(2)13(9-15)14(17)18-3/h4-10H,15H2,1-3H3. The molecule has 18 heavy (non-hydrogen) atoms. The van der Waals surface area contributed by atoms with Gasteiger partial charge in [0.05, 0.1) is 18.7 Å². The van der Waals surface area contributed by atoms with Crippen molar-refractivity contribution in [2.75, 3.05) is 7.11 Å². The number of methoxy groups -OCH3 is 1. The van der Waals surface area contributed by atoms with E-state index < -0.39 is 5.97 Å². The normalized spacial score (nSPS) is 14.2. The average Bonchev–Trinajstić information content (AvgIpc) is 2.40. The fraction of sp³-hybridized carbons (Fsp3) is 0.286. The molecule has 4 heteroatoms. The van der Waals surface area contributed by atoms with Crippen molar-refractivity contribution < 1.29 is 9.53 Å². The van der Waals surface area contributed by atoms with Gasteiger partial charge in [-0.25, -0.2) is 4.79 Å². The molecule has 1 aromatic carbocycles. The Morgan fingerprint density at radius 1 is 1.39 bits per heavy atom. The summed E-state index contributed by atoms with van der Waals surface area (Å²) in [6.45, 7) is 3.71. The highest BCUT2D eigenvalue weighted by Crippen LogP contribution is 2.17. The van der Waals surface area contributed by atoms with E-state index in [1.807, 2.05) is 37.3 Å². The minimum Gasteiger partial charge on any atom is -0.465 e. The molecule has 0 heterocycles. The molecule has 2 N–H and O–H groups in total. The molecule has 0 aliphatic rings. The van der Waals surface area contributed by atoms with Gasteiger partial charge in [-0.3, -0.25) is 4.99 Å². The van der Waals surface area contributed by atoms with Gasteiger partial charge in [-0.2, -0.15) is 0 Å². The minimum atomic E-state index is -0.473. The summed E-state index contributed by atoms with van der Waals surface area (Å²) in [6.07, 6.45) is 1.22. The lowest BCUT2D eigenvalue weighted by molar-refractivity contribution is -0.135. The van der Waals surface area contributed by atoms with E-state index >= 15 is 0 Å². The van der Waals surface area contributed by atoms with Crippen LogP contribution in [0.2, 0.25) is 0 Å². The molecule has 1 unspecified atom stereocenters. The molecule has 1 rings (SSSR count). The molecule has 0 radical (unpaired) electrons. The topological polar surface area (TPSA) is 64.7 Å². The number of carbonyl (C=O) groups is 1. The van der Waals surface area contributed by atoms with Crippen LogP contribution in [0.1, 0.15) is 25.5 Å². The third-order valence-electron chi connectivity index (χ3n) is 2.63. The van der Waals surface area contributed by atoms with Gasteiger partial charge in [-0.15, -0.1) is 0 Å². The number of hydrogen-bond acceptors (Lipinski definition) is 4. The van der Waals surface area contributed by atoms with E-state index in [0.29, 0.717) is 11.3 Å². The molecule has 0 aliphatic carbocycles. The molecule has 1 atom stereocenters. The Balaban J connectivity index is 2.92. The van der Waals surface area contributed by atoms with Crippen LogP contribution in [-0.4, -0.2) is 18.8 Å². The van der Waals surface area contributed by atoms with Crippen LogP contribution in [0.3, 0.4) is 0 Å². The van der Waals surface area contributed by atoms with E-state index in [2.05, 4.69) is 9.73 Å². The van der Waals surface area contributed by atoms with Crippen molar-refractivity contribution in [3.05, 3.63) is 47.7 Å². The van der Waals surface area contributed by atoms with Gasteiger partial charge in [0.1, 0.15) is 0 Å². The van der Waals surface area contributed by atoms with Crippen LogP contribution in [-0.2, 0) is 9.53 Å².